The fourth-order valence-corrected chi connectivity index (χ4v) is 2.66. The molecule has 1 aromatic rings. The van der Waals surface area contributed by atoms with Crippen LogP contribution in [0.15, 0.2) is 24.3 Å². The van der Waals surface area contributed by atoms with E-state index in [9.17, 15) is 5.11 Å². The molecule has 1 saturated heterocycles. The first-order valence-electron chi connectivity index (χ1n) is 4.93. The molecule has 3 heteroatoms. The Balaban J connectivity index is 2.20. The second kappa shape index (κ2) is 4.71. The molecule has 1 aliphatic heterocycles. The number of anilines is 1. The number of benzene rings is 1. The largest absolute Gasteiger partial charge is 0.392 e. The number of nitrogens with zero attached hydrogens (tertiary/aromatic N) is 1. The summed E-state index contributed by atoms with van der Waals surface area (Å²) in [5, 5.41) is 9.22. The molecule has 76 valence electrons. The predicted molar refractivity (Wildman–Crippen MR) is 61.9 cm³/mol. The third kappa shape index (κ3) is 2.04. The van der Waals surface area contributed by atoms with Crippen molar-refractivity contribution in [3.63, 3.8) is 0 Å². The van der Waals surface area contributed by atoms with Gasteiger partial charge in [0.05, 0.1) is 6.61 Å². The Labute approximate surface area is 88.9 Å². The van der Waals surface area contributed by atoms with Crippen LogP contribution < -0.4 is 4.90 Å². The van der Waals surface area contributed by atoms with E-state index in [0.717, 1.165) is 18.7 Å². The lowest BCUT2D eigenvalue weighted by Gasteiger charge is -2.30. The van der Waals surface area contributed by atoms with Gasteiger partial charge in [-0.25, -0.2) is 0 Å². The summed E-state index contributed by atoms with van der Waals surface area (Å²) in [5.41, 5.74) is 2.25. The maximum Gasteiger partial charge on any atom is 0.0702 e. The van der Waals surface area contributed by atoms with Gasteiger partial charge in [-0.15, -0.1) is 0 Å². The lowest BCUT2D eigenvalue weighted by atomic mass is 10.1. The number of hydrogen-bond donors (Lipinski definition) is 1. The van der Waals surface area contributed by atoms with Crippen molar-refractivity contribution in [2.45, 2.75) is 6.61 Å². The van der Waals surface area contributed by atoms with Crippen molar-refractivity contribution in [1.29, 1.82) is 0 Å². The molecule has 0 atom stereocenters. The fourth-order valence-electron chi connectivity index (χ4n) is 1.76. The van der Waals surface area contributed by atoms with Crippen molar-refractivity contribution < 1.29 is 5.11 Å². The maximum absolute atomic E-state index is 9.22. The van der Waals surface area contributed by atoms with Gasteiger partial charge in [0.15, 0.2) is 0 Å². The van der Waals surface area contributed by atoms with Gasteiger partial charge in [0.25, 0.3) is 0 Å². The first-order valence-corrected chi connectivity index (χ1v) is 6.09. The van der Waals surface area contributed by atoms with E-state index < -0.39 is 0 Å². The van der Waals surface area contributed by atoms with Crippen molar-refractivity contribution >= 4 is 17.4 Å². The molecule has 0 aromatic heterocycles. The summed E-state index contributed by atoms with van der Waals surface area (Å²) < 4.78 is 0. The number of para-hydroxylation sites is 1. The van der Waals surface area contributed by atoms with Crippen molar-refractivity contribution in [1.82, 2.24) is 0 Å². The Hall–Kier alpha value is -0.670. The molecule has 14 heavy (non-hydrogen) atoms. The van der Waals surface area contributed by atoms with E-state index in [-0.39, 0.29) is 6.61 Å². The van der Waals surface area contributed by atoms with Crippen molar-refractivity contribution in [3.8, 4) is 0 Å². The van der Waals surface area contributed by atoms with Crippen LogP contribution in [0, 0.1) is 0 Å². The molecule has 0 unspecified atom stereocenters. The first-order chi connectivity index (χ1) is 6.92. The predicted octanol–water partition coefficient (Wildman–Crippen LogP) is 1.73. The van der Waals surface area contributed by atoms with Crippen LogP contribution in [0.25, 0.3) is 0 Å². The highest BCUT2D eigenvalue weighted by Gasteiger charge is 2.13. The fraction of sp³-hybridized carbons (Fsp3) is 0.455. The third-order valence-corrected chi connectivity index (χ3v) is 3.46. The Morgan fingerprint density at radius 1 is 1.21 bits per heavy atom. The van der Waals surface area contributed by atoms with Crippen LogP contribution in [0.2, 0.25) is 0 Å². The number of hydrogen-bond acceptors (Lipinski definition) is 3. The maximum atomic E-state index is 9.22. The highest BCUT2D eigenvalue weighted by atomic mass is 32.2. The second-order valence-electron chi connectivity index (χ2n) is 3.39. The molecule has 2 nitrogen and oxygen atoms in total. The van der Waals surface area contributed by atoms with E-state index in [1.54, 1.807) is 0 Å². The molecule has 0 radical (unpaired) electrons. The molecule has 0 spiro atoms. The van der Waals surface area contributed by atoms with Gasteiger partial charge in [-0.1, -0.05) is 18.2 Å². The average molecular weight is 209 g/mol. The molecule has 0 saturated carbocycles. The van der Waals surface area contributed by atoms with Gasteiger partial charge in [0.2, 0.25) is 0 Å². The molecule has 0 bridgehead atoms. The zero-order valence-corrected chi connectivity index (χ0v) is 8.96. The minimum Gasteiger partial charge on any atom is -0.392 e. The van der Waals surface area contributed by atoms with E-state index in [2.05, 4.69) is 11.0 Å². The van der Waals surface area contributed by atoms with Gasteiger partial charge < -0.3 is 10.0 Å². The van der Waals surface area contributed by atoms with Crippen molar-refractivity contribution in [2.75, 3.05) is 29.5 Å². The van der Waals surface area contributed by atoms with Crippen LogP contribution in [0.4, 0.5) is 5.69 Å². The molecule has 1 fully saturated rings. The molecule has 1 aromatic carbocycles. The molecule has 1 N–H and O–H groups in total. The molecule has 0 amide bonds. The Kier molecular flexibility index (Phi) is 3.32. The topological polar surface area (TPSA) is 23.5 Å². The van der Waals surface area contributed by atoms with Crippen LogP contribution in [0.5, 0.6) is 0 Å². The smallest absolute Gasteiger partial charge is 0.0702 e. The third-order valence-electron chi connectivity index (χ3n) is 2.51. The average Bonchev–Trinajstić information content (AvgIpc) is 2.30. The van der Waals surface area contributed by atoms with Gasteiger partial charge >= 0.3 is 0 Å². The summed E-state index contributed by atoms with van der Waals surface area (Å²) in [6, 6.07) is 8.11. The van der Waals surface area contributed by atoms with E-state index in [4.69, 9.17) is 0 Å². The van der Waals surface area contributed by atoms with Gasteiger partial charge in [0, 0.05) is 35.8 Å². The summed E-state index contributed by atoms with van der Waals surface area (Å²) in [4.78, 5) is 2.36. The number of rotatable bonds is 2. The summed E-state index contributed by atoms with van der Waals surface area (Å²) in [6.07, 6.45) is 0. The lowest BCUT2D eigenvalue weighted by molar-refractivity contribution is 0.282. The van der Waals surface area contributed by atoms with Crippen LogP contribution >= 0.6 is 11.8 Å². The van der Waals surface area contributed by atoms with E-state index >= 15 is 0 Å². The van der Waals surface area contributed by atoms with E-state index in [1.165, 1.54) is 17.2 Å². The normalized spacial score (nSPS) is 17.1. The highest BCUT2D eigenvalue weighted by molar-refractivity contribution is 7.99. The Morgan fingerprint density at radius 2 is 1.93 bits per heavy atom. The number of aliphatic hydroxyl groups excluding tert-OH is 1. The minimum absolute atomic E-state index is 0.139. The lowest BCUT2D eigenvalue weighted by Crippen LogP contribution is -2.33. The highest BCUT2D eigenvalue weighted by Crippen LogP contribution is 2.23. The van der Waals surface area contributed by atoms with Gasteiger partial charge in [-0.2, -0.15) is 11.8 Å². The van der Waals surface area contributed by atoms with Crippen LogP contribution in [-0.2, 0) is 6.61 Å². The Bertz CT molecular complexity index is 297. The molecule has 2 rings (SSSR count). The molecule has 1 aliphatic rings. The molecule has 0 aliphatic carbocycles. The standard InChI is InChI=1S/C11H15NOS/c13-9-10-3-1-2-4-11(10)12-5-7-14-8-6-12/h1-4,13H,5-9H2. The number of aliphatic hydroxyl groups is 1. The SMILES string of the molecule is OCc1ccccc1N1CCSCC1. The Morgan fingerprint density at radius 3 is 2.64 bits per heavy atom. The first kappa shape index (κ1) is 9.87. The minimum atomic E-state index is 0.139. The van der Waals surface area contributed by atoms with E-state index in [0.29, 0.717) is 0 Å². The summed E-state index contributed by atoms with van der Waals surface area (Å²) in [5.74, 6) is 2.39. The van der Waals surface area contributed by atoms with Gasteiger partial charge in [0.1, 0.15) is 0 Å². The zero-order chi connectivity index (χ0) is 9.80. The monoisotopic (exact) mass is 209 g/mol. The summed E-state index contributed by atoms with van der Waals surface area (Å²) >= 11 is 2.00. The summed E-state index contributed by atoms with van der Waals surface area (Å²) in [6.45, 7) is 2.34. The van der Waals surface area contributed by atoms with E-state index in [1.807, 2.05) is 30.0 Å². The van der Waals surface area contributed by atoms with Crippen LogP contribution in [-0.4, -0.2) is 29.7 Å². The molecular weight excluding hydrogens is 194 g/mol. The summed E-state index contributed by atoms with van der Waals surface area (Å²) in [7, 11) is 0. The van der Waals surface area contributed by atoms with Crippen LogP contribution in [0.3, 0.4) is 0 Å². The second-order valence-corrected chi connectivity index (χ2v) is 4.61. The van der Waals surface area contributed by atoms with Gasteiger partial charge in [-0.3, -0.25) is 0 Å². The molecule has 1 heterocycles. The zero-order valence-electron chi connectivity index (χ0n) is 8.15. The van der Waals surface area contributed by atoms with Crippen molar-refractivity contribution in [2.24, 2.45) is 0 Å². The van der Waals surface area contributed by atoms with Gasteiger partial charge in [-0.05, 0) is 6.07 Å². The van der Waals surface area contributed by atoms with Crippen molar-refractivity contribution in [3.05, 3.63) is 29.8 Å². The quantitative estimate of drug-likeness (QED) is 0.802. The van der Waals surface area contributed by atoms with Crippen LogP contribution in [0.1, 0.15) is 5.56 Å². The molecular formula is C11H15NOS. The number of thioether (sulfide) groups is 1.